The third-order valence-corrected chi connectivity index (χ3v) is 3.71. The van der Waals surface area contributed by atoms with Crippen molar-refractivity contribution in [3.8, 4) is 17.2 Å². The van der Waals surface area contributed by atoms with Gasteiger partial charge in [0.15, 0.2) is 18.1 Å². The molecule has 0 radical (unpaired) electrons. The van der Waals surface area contributed by atoms with Crippen LogP contribution in [0.25, 0.3) is 0 Å². The molecule has 2 aromatic rings. The summed E-state index contributed by atoms with van der Waals surface area (Å²) in [5.74, 6) is 0.829. The second-order valence-corrected chi connectivity index (χ2v) is 5.58. The summed E-state index contributed by atoms with van der Waals surface area (Å²) in [6.07, 6.45) is 0. The van der Waals surface area contributed by atoms with Crippen molar-refractivity contribution in [2.45, 2.75) is 13.8 Å². The Morgan fingerprint density at radius 2 is 1.76 bits per heavy atom. The van der Waals surface area contributed by atoms with Gasteiger partial charge in [0.2, 0.25) is 6.79 Å². The van der Waals surface area contributed by atoms with E-state index in [4.69, 9.17) is 14.2 Å². The maximum Gasteiger partial charge on any atom is 0.276 e. The van der Waals surface area contributed by atoms with Crippen LogP contribution in [0.4, 0.5) is 0 Å². The van der Waals surface area contributed by atoms with Crippen LogP contribution >= 0.6 is 0 Å². The zero-order valence-electron chi connectivity index (χ0n) is 13.9. The second kappa shape index (κ2) is 7.12. The summed E-state index contributed by atoms with van der Waals surface area (Å²) in [5, 5.41) is 0. The molecule has 130 valence electrons. The van der Waals surface area contributed by atoms with E-state index in [1.807, 2.05) is 32.0 Å². The Labute approximate surface area is 144 Å². The summed E-state index contributed by atoms with van der Waals surface area (Å²) in [6.45, 7) is 3.74. The fraction of sp³-hybridized carbons (Fsp3) is 0.222. The van der Waals surface area contributed by atoms with Crippen LogP contribution in [0, 0.1) is 13.8 Å². The molecule has 3 rings (SSSR count). The van der Waals surface area contributed by atoms with Gasteiger partial charge in [-0.05, 0) is 43.2 Å². The van der Waals surface area contributed by atoms with Crippen LogP contribution in [0.5, 0.6) is 17.2 Å². The number of ether oxygens (including phenoxy) is 3. The number of benzene rings is 2. The van der Waals surface area contributed by atoms with E-state index in [2.05, 4.69) is 10.9 Å². The van der Waals surface area contributed by atoms with Crippen molar-refractivity contribution in [2.75, 3.05) is 13.4 Å². The lowest BCUT2D eigenvalue weighted by atomic mass is 10.1. The van der Waals surface area contributed by atoms with Crippen LogP contribution in [-0.2, 0) is 4.79 Å². The lowest BCUT2D eigenvalue weighted by Gasteiger charge is -2.12. The quantitative estimate of drug-likeness (QED) is 0.829. The van der Waals surface area contributed by atoms with E-state index in [0.717, 1.165) is 11.1 Å². The Morgan fingerprint density at radius 1 is 1.04 bits per heavy atom. The molecule has 7 heteroatoms. The standard InChI is InChI=1S/C18H18N2O5/c1-11-4-3-5-12(2)17(11)23-9-16(21)19-20-18(22)13-6-7-14-15(8-13)25-10-24-14/h3-8H,9-10H2,1-2H3,(H,19,21)(H,20,22). The number of carbonyl (C=O) groups is 2. The van der Waals surface area contributed by atoms with Crippen molar-refractivity contribution in [3.63, 3.8) is 0 Å². The maximum absolute atomic E-state index is 12.1. The summed E-state index contributed by atoms with van der Waals surface area (Å²) >= 11 is 0. The molecular weight excluding hydrogens is 324 g/mol. The summed E-state index contributed by atoms with van der Waals surface area (Å²) in [6, 6.07) is 10.5. The average molecular weight is 342 g/mol. The SMILES string of the molecule is Cc1cccc(C)c1OCC(=O)NNC(=O)c1ccc2c(c1)OCO2. The van der Waals surface area contributed by atoms with Crippen LogP contribution in [0.15, 0.2) is 36.4 Å². The number of hydrogen-bond donors (Lipinski definition) is 2. The molecule has 0 saturated heterocycles. The van der Waals surface area contributed by atoms with Gasteiger partial charge in [0.1, 0.15) is 5.75 Å². The zero-order valence-corrected chi connectivity index (χ0v) is 13.9. The fourth-order valence-corrected chi connectivity index (χ4v) is 2.44. The van der Waals surface area contributed by atoms with E-state index in [-0.39, 0.29) is 13.4 Å². The van der Waals surface area contributed by atoms with Crippen molar-refractivity contribution in [2.24, 2.45) is 0 Å². The van der Waals surface area contributed by atoms with E-state index in [0.29, 0.717) is 22.8 Å². The number of hydrogen-bond acceptors (Lipinski definition) is 5. The summed E-state index contributed by atoms with van der Waals surface area (Å²) in [7, 11) is 0. The molecule has 1 heterocycles. The highest BCUT2D eigenvalue weighted by atomic mass is 16.7. The van der Waals surface area contributed by atoms with E-state index in [1.54, 1.807) is 18.2 Å². The van der Waals surface area contributed by atoms with Crippen LogP contribution in [0.2, 0.25) is 0 Å². The van der Waals surface area contributed by atoms with Crippen LogP contribution < -0.4 is 25.1 Å². The first-order valence-corrected chi connectivity index (χ1v) is 7.72. The molecular formula is C18H18N2O5. The predicted molar refractivity (Wildman–Crippen MR) is 89.6 cm³/mol. The third kappa shape index (κ3) is 3.82. The molecule has 0 spiro atoms. The van der Waals surface area contributed by atoms with Gasteiger partial charge in [0.25, 0.3) is 11.8 Å². The van der Waals surface area contributed by atoms with Gasteiger partial charge >= 0.3 is 0 Å². The first-order valence-electron chi connectivity index (χ1n) is 7.72. The van der Waals surface area contributed by atoms with Gasteiger partial charge in [-0.2, -0.15) is 0 Å². The van der Waals surface area contributed by atoms with Crippen molar-refractivity contribution in [1.82, 2.24) is 10.9 Å². The second-order valence-electron chi connectivity index (χ2n) is 5.58. The Bertz CT molecular complexity index is 799. The third-order valence-electron chi connectivity index (χ3n) is 3.71. The normalized spacial score (nSPS) is 11.8. The first kappa shape index (κ1) is 16.6. The highest BCUT2D eigenvalue weighted by molar-refractivity contribution is 5.96. The molecule has 0 bridgehead atoms. The molecule has 0 aliphatic carbocycles. The molecule has 0 atom stereocenters. The maximum atomic E-state index is 12.1. The molecule has 1 aliphatic rings. The highest BCUT2D eigenvalue weighted by Gasteiger charge is 2.16. The molecule has 0 aromatic heterocycles. The monoisotopic (exact) mass is 342 g/mol. The number of carbonyl (C=O) groups excluding carboxylic acids is 2. The average Bonchev–Trinajstić information content (AvgIpc) is 3.07. The Hall–Kier alpha value is -3.22. The minimum Gasteiger partial charge on any atom is -0.483 e. The van der Waals surface area contributed by atoms with Gasteiger partial charge in [-0.25, -0.2) is 0 Å². The largest absolute Gasteiger partial charge is 0.483 e. The molecule has 7 nitrogen and oxygen atoms in total. The Kier molecular flexibility index (Phi) is 4.74. The first-order chi connectivity index (χ1) is 12.0. The van der Waals surface area contributed by atoms with Crippen molar-refractivity contribution in [1.29, 1.82) is 0 Å². The number of hydrazine groups is 1. The summed E-state index contributed by atoms with van der Waals surface area (Å²) < 4.78 is 15.9. The molecule has 2 N–H and O–H groups in total. The zero-order chi connectivity index (χ0) is 17.8. The van der Waals surface area contributed by atoms with Crippen molar-refractivity contribution < 1.29 is 23.8 Å². The minimum atomic E-state index is -0.461. The van der Waals surface area contributed by atoms with Crippen molar-refractivity contribution in [3.05, 3.63) is 53.1 Å². The minimum absolute atomic E-state index is 0.132. The molecule has 0 fully saturated rings. The molecule has 0 saturated carbocycles. The lowest BCUT2D eigenvalue weighted by Crippen LogP contribution is -2.43. The van der Waals surface area contributed by atoms with Crippen LogP contribution in [-0.4, -0.2) is 25.2 Å². The molecule has 25 heavy (non-hydrogen) atoms. The molecule has 0 unspecified atom stereocenters. The van der Waals surface area contributed by atoms with E-state index in [9.17, 15) is 9.59 Å². The topological polar surface area (TPSA) is 85.9 Å². The summed E-state index contributed by atoms with van der Waals surface area (Å²) in [4.78, 5) is 23.9. The lowest BCUT2D eigenvalue weighted by molar-refractivity contribution is -0.123. The Balaban J connectivity index is 1.51. The molecule has 2 amide bonds. The summed E-state index contributed by atoms with van der Waals surface area (Å²) in [5.41, 5.74) is 6.89. The van der Waals surface area contributed by atoms with Crippen LogP contribution in [0.3, 0.4) is 0 Å². The Morgan fingerprint density at radius 3 is 2.52 bits per heavy atom. The highest BCUT2D eigenvalue weighted by Crippen LogP contribution is 2.32. The van der Waals surface area contributed by atoms with E-state index < -0.39 is 11.8 Å². The number of nitrogens with one attached hydrogen (secondary N) is 2. The predicted octanol–water partition coefficient (Wildman–Crippen LogP) is 1.87. The number of rotatable bonds is 4. The van der Waals surface area contributed by atoms with Gasteiger partial charge in [-0.15, -0.1) is 0 Å². The fourth-order valence-electron chi connectivity index (χ4n) is 2.44. The van der Waals surface area contributed by atoms with Gasteiger partial charge in [0.05, 0.1) is 0 Å². The number of para-hydroxylation sites is 1. The van der Waals surface area contributed by atoms with Gasteiger partial charge in [-0.3, -0.25) is 20.4 Å². The number of aryl methyl sites for hydroxylation is 2. The number of fused-ring (bicyclic) bond motifs is 1. The van der Waals surface area contributed by atoms with Crippen LogP contribution in [0.1, 0.15) is 21.5 Å². The van der Waals surface area contributed by atoms with E-state index >= 15 is 0 Å². The van der Waals surface area contributed by atoms with Gasteiger partial charge < -0.3 is 14.2 Å². The smallest absolute Gasteiger partial charge is 0.276 e. The molecule has 1 aliphatic heterocycles. The van der Waals surface area contributed by atoms with Gasteiger partial charge in [-0.1, -0.05) is 18.2 Å². The van der Waals surface area contributed by atoms with Gasteiger partial charge in [0, 0.05) is 5.56 Å². The van der Waals surface area contributed by atoms with E-state index in [1.165, 1.54) is 0 Å². The van der Waals surface area contributed by atoms with Crippen molar-refractivity contribution >= 4 is 11.8 Å². The number of amides is 2. The molecule has 2 aromatic carbocycles.